The molecule has 3 aromatic rings. The lowest BCUT2D eigenvalue weighted by atomic mass is 10.2. The molecule has 1 heterocycles. The molecule has 0 spiro atoms. The van der Waals surface area contributed by atoms with Crippen molar-refractivity contribution in [3.8, 4) is 5.75 Å². The van der Waals surface area contributed by atoms with Crippen molar-refractivity contribution in [1.29, 1.82) is 0 Å². The zero-order chi connectivity index (χ0) is 19.4. The van der Waals surface area contributed by atoms with Gasteiger partial charge < -0.3 is 9.47 Å². The Labute approximate surface area is 161 Å². The second kappa shape index (κ2) is 8.15. The number of aromatic nitrogens is 2. The van der Waals surface area contributed by atoms with Gasteiger partial charge in [0.1, 0.15) is 24.6 Å². The molecule has 144 valence electrons. The standard InChI is InChI=1S/C21H28N2O3Si/c1-22-20-18(23(21(22)24)16-25-13-14-27(2,3)4)11-8-12-19(20)26-15-17-9-6-5-7-10-17/h5-12H,13-16H2,1-4H3. The van der Waals surface area contributed by atoms with Crippen LogP contribution in [-0.2, 0) is 25.1 Å². The number of fused-ring (bicyclic) bond motifs is 1. The summed E-state index contributed by atoms with van der Waals surface area (Å²) in [6, 6.07) is 16.9. The first-order valence-electron chi connectivity index (χ1n) is 9.29. The van der Waals surface area contributed by atoms with Crippen LogP contribution < -0.4 is 10.4 Å². The summed E-state index contributed by atoms with van der Waals surface area (Å²) < 4.78 is 15.1. The van der Waals surface area contributed by atoms with E-state index < -0.39 is 8.07 Å². The fourth-order valence-corrected chi connectivity index (χ4v) is 3.71. The molecule has 2 aromatic carbocycles. The van der Waals surface area contributed by atoms with Gasteiger partial charge >= 0.3 is 5.69 Å². The Balaban J connectivity index is 1.80. The van der Waals surface area contributed by atoms with Crippen molar-refractivity contribution >= 4 is 19.1 Å². The van der Waals surface area contributed by atoms with E-state index in [1.807, 2.05) is 48.5 Å². The Hall–Kier alpha value is -2.31. The third-order valence-electron chi connectivity index (χ3n) is 4.58. The Morgan fingerprint density at radius 3 is 2.44 bits per heavy atom. The van der Waals surface area contributed by atoms with Crippen LogP contribution in [-0.4, -0.2) is 23.8 Å². The lowest BCUT2D eigenvalue weighted by molar-refractivity contribution is 0.0873. The van der Waals surface area contributed by atoms with Gasteiger partial charge in [-0.15, -0.1) is 0 Å². The molecule has 3 rings (SSSR count). The van der Waals surface area contributed by atoms with E-state index in [1.165, 1.54) is 0 Å². The minimum atomic E-state index is -1.15. The molecule has 5 nitrogen and oxygen atoms in total. The topological polar surface area (TPSA) is 45.4 Å². The van der Waals surface area contributed by atoms with Gasteiger partial charge in [0.05, 0.1) is 5.52 Å². The van der Waals surface area contributed by atoms with Gasteiger partial charge in [0, 0.05) is 21.7 Å². The Morgan fingerprint density at radius 1 is 1.00 bits per heavy atom. The highest BCUT2D eigenvalue weighted by molar-refractivity contribution is 6.76. The number of imidazole rings is 1. The van der Waals surface area contributed by atoms with Crippen LogP contribution in [0.15, 0.2) is 53.3 Å². The van der Waals surface area contributed by atoms with Crippen LogP contribution in [0.2, 0.25) is 25.7 Å². The summed E-state index contributed by atoms with van der Waals surface area (Å²) in [5.74, 6) is 0.705. The average Bonchev–Trinajstić information content (AvgIpc) is 2.88. The molecule has 1 aromatic heterocycles. The molecule has 0 aliphatic rings. The summed E-state index contributed by atoms with van der Waals surface area (Å²) in [6.45, 7) is 8.36. The van der Waals surface area contributed by atoms with Crippen molar-refractivity contribution < 1.29 is 9.47 Å². The summed E-state index contributed by atoms with van der Waals surface area (Å²) >= 11 is 0. The van der Waals surface area contributed by atoms with Gasteiger partial charge in [0.2, 0.25) is 0 Å². The zero-order valence-corrected chi connectivity index (χ0v) is 17.6. The molecule has 0 saturated heterocycles. The number of rotatable bonds is 8. The van der Waals surface area contributed by atoms with Crippen LogP contribution in [0.25, 0.3) is 11.0 Å². The zero-order valence-electron chi connectivity index (χ0n) is 16.6. The molecule has 0 N–H and O–H groups in total. The number of hydrogen-bond acceptors (Lipinski definition) is 3. The molecule has 0 aliphatic heterocycles. The number of hydrogen-bond donors (Lipinski definition) is 0. The van der Waals surface area contributed by atoms with E-state index in [-0.39, 0.29) is 12.4 Å². The van der Waals surface area contributed by atoms with Gasteiger partial charge in [0.25, 0.3) is 0 Å². The molecule has 0 fully saturated rings. The number of para-hydroxylation sites is 1. The van der Waals surface area contributed by atoms with Crippen molar-refractivity contribution in [2.45, 2.75) is 39.0 Å². The summed E-state index contributed by atoms with van der Waals surface area (Å²) in [6.07, 6.45) is 0. The van der Waals surface area contributed by atoms with Crippen LogP contribution in [0, 0.1) is 0 Å². The Kier molecular flexibility index (Phi) is 5.87. The number of ether oxygens (including phenoxy) is 2. The molecule has 0 saturated carbocycles. The highest BCUT2D eigenvalue weighted by Crippen LogP contribution is 2.25. The summed E-state index contributed by atoms with van der Waals surface area (Å²) in [7, 11) is 0.629. The third kappa shape index (κ3) is 4.70. The first-order valence-corrected chi connectivity index (χ1v) is 13.0. The molecular formula is C21H28N2O3Si. The molecular weight excluding hydrogens is 356 g/mol. The van der Waals surface area contributed by atoms with Crippen molar-refractivity contribution in [3.63, 3.8) is 0 Å². The summed E-state index contributed by atoms with van der Waals surface area (Å²) in [5, 5.41) is 0. The second-order valence-corrected chi connectivity index (χ2v) is 13.6. The molecule has 0 bridgehead atoms. The second-order valence-electron chi connectivity index (χ2n) is 8.02. The maximum absolute atomic E-state index is 12.7. The van der Waals surface area contributed by atoms with Gasteiger partial charge in [-0.2, -0.15) is 0 Å². The van der Waals surface area contributed by atoms with Crippen LogP contribution in [0.1, 0.15) is 5.56 Å². The monoisotopic (exact) mass is 384 g/mol. The largest absolute Gasteiger partial charge is 0.487 e. The van der Waals surface area contributed by atoms with E-state index in [1.54, 1.807) is 16.2 Å². The number of aryl methyl sites for hydroxylation is 1. The third-order valence-corrected chi connectivity index (χ3v) is 6.28. The quantitative estimate of drug-likeness (QED) is 0.431. The molecule has 0 atom stereocenters. The number of benzene rings is 2. The number of nitrogens with zero attached hydrogens (tertiary/aromatic N) is 2. The van der Waals surface area contributed by atoms with E-state index in [0.29, 0.717) is 19.0 Å². The highest BCUT2D eigenvalue weighted by atomic mass is 28.3. The summed E-state index contributed by atoms with van der Waals surface area (Å²) in [4.78, 5) is 12.7. The maximum Gasteiger partial charge on any atom is 0.330 e. The highest BCUT2D eigenvalue weighted by Gasteiger charge is 2.16. The predicted molar refractivity (Wildman–Crippen MR) is 112 cm³/mol. The Morgan fingerprint density at radius 2 is 1.74 bits per heavy atom. The predicted octanol–water partition coefficient (Wildman–Crippen LogP) is 4.23. The first-order chi connectivity index (χ1) is 12.9. The van der Waals surface area contributed by atoms with E-state index in [9.17, 15) is 4.79 Å². The minimum absolute atomic E-state index is 0.0891. The SMILES string of the molecule is Cn1c(=O)n(COCC[Si](C)(C)C)c2cccc(OCc3ccccc3)c21. The van der Waals surface area contributed by atoms with Gasteiger partial charge in [-0.05, 0) is 23.7 Å². The van der Waals surface area contributed by atoms with E-state index in [0.717, 1.165) is 22.6 Å². The van der Waals surface area contributed by atoms with Gasteiger partial charge in [0.15, 0.2) is 0 Å². The van der Waals surface area contributed by atoms with Gasteiger partial charge in [-0.3, -0.25) is 9.13 Å². The fraction of sp³-hybridized carbons (Fsp3) is 0.381. The van der Waals surface area contributed by atoms with Crippen LogP contribution in [0.5, 0.6) is 5.75 Å². The van der Waals surface area contributed by atoms with Crippen LogP contribution in [0.3, 0.4) is 0 Å². The van der Waals surface area contributed by atoms with Crippen molar-refractivity contribution in [3.05, 3.63) is 64.6 Å². The smallest absolute Gasteiger partial charge is 0.330 e. The van der Waals surface area contributed by atoms with Crippen molar-refractivity contribution in [1.82, 2.24) is 9.13 Å². The van der Waals surface area contributed by atoms with Crippen LogP contribution >= 0.6 is 0 Å². The lowest BCUT2D eigenvalue weighted by Gasteiger charge is -2.15. The summed E-state index contributed by atoms with van der Waals surface area (Å²) in [5.41, 5.74) is 2.63. The van der Waals surface area contributed by atoms with Crippen LogP contribution in [0.4, 0.5) is 0 Å². The Bertz CT molecular complexity index is 955. The molecule has 6 heteroatoms. The maximum atomic E-state index is 12.7. The molecule has 0 amide bonds. The van der Waals surface area contributed by atoms with Gasteiger partial charge in [-0.25, -0.2) is 4.79 Å². The molecule has 0 radical (unpaired) electrons. The molecule has 27 heavy (non-hydrogen) atoms. The van der Waals surface area contributed by atoms with Crippen molar-refractivity contribution in [2.24, 2.45) is 7.05 Å². The average molecular weight is 385 g/mol. The molecule has 0 unspecified atom stereocenters. The van der Waals surface area contributed by atoms with Crippen molar-refractivity contribution in [2.75, 3.05) is 6.61 Å². The van der Waals surface area contributed by atoms with Gasteiger partial charge in [-0.1, -0.05) is 56.0 Å². The fourth-order valence-electron chi connectivity index (χ4n) is 2.96. The molecule has 0 aliphatic carbocycles. The van der Waals surface area contributed by atoms with E-state index in [2.05, 4.69) is 19.6 Å². The van der Waals surface area contributed by atoms with E-state index >= 15 is 0 Å². The normalized spacial score (nSPS) is 11.9. The minimum Gasteiger partial charge on any atom is -0.487 e. The first kappa shape index (κ1) is 19.4. The van der Waals surface area contributed by atoms with E-state index in [4.69, 9.17) is 9.47 Å². The lowest BCUT2D eigenvalue weighted by Crippen LogP contribution is -2.25.